The first kappa shape index (κ1) is 20.2. The Morgan fingerprint density at radius 2 is 1.80 bits per heavy atom. The number of unbranched alkanes of at least 4 members (excludes halogenated alkanes) is 1. The normalized spacial score (nSPS) is 12.9. The fraction of sp³-hybridized carbons (Fsp3) is 0.190. The minimum Gasteiger partial charge on any atom is -0.296 e. The summed E-state index contributed by atoms with van der Waals surface area (Å²) in [5.74, 6) is -0.215. The van der Waals surface area contributed by atoms with E-state index in [9.17, 15) is 14.4 Å². The molecule has 0 saturated heterocycles. The van der Waals surface area contributed by atoms with E-state index < -0.39 is 11.8 Å². The molecule has 30 heavy (non-hydrogen) atoms. The zero-order valence-electron chi connectivity index (χ0n) is 16.1. The van der Waals surface area contributed by atoms with E-state index in [1.807, 2.05) is 0 Å². The smallest absolute Gasteiger partial charge is 0.266 e. The predicted octanol–water partition coefficient (Wildman–Crippen LogP) is 4.48. The number of hydrogen-bond acceptors (Lipinski definition) is 7. The molecule has 1 N–H and O–H groups in total. The SMILES string of the molecule is CCCCSc1nnc(NC(=O)c2cccc(N3C(=O)c4ccccc4C3=O)c2)s1. The third-order valence-corrected chi connectivity index (χ3v) is 6.57. The van der Waals surface area contributed by atoms with Crippen LogP contribution in [0.3, 0.4) is 0 Å². The quantitative estimate of drug-likeness (QED) is 0.253. The average Bonchev–Trinajstić information content (AvgIpc) is 3.31. The Morgan fingerprint density at radius 3 is 2.50 bits per heavy atom. The molecule has 0 radical (unpaired) electrons. The van der Waals surface area contributed by atoms with E-state index in [0.717, 1.165) is 27.8 Å². The number of fused-ring (bicyclic) bond motifs is 1. The van der Waals surface area contributed by atoms with Crippen molar-refractivity contribution >= 4 is 51.6 Å². The van der Waals surface area contributed by atoms with Crippen LogP contribution in [0.2, 0.25) is 0 Å². The van der Waals surface area contributed by atoms with Gasteiger partial charge in [0, 0.05) is 11.3 Å². The number of hydrogen-bond donors (Lipinski definition) is 1. The summed E-state index contributed by atoms with van der Waals surface area (Å²) >= 11 is 2.93. The number of rotatable bonds is 7. The highest BCUT2D eigenvalue weighted by atomic mass is 32.2. The Bertz CT molecular complexity index is 1090. The second-order valence-corrected chi connectivity index (χ2v) is 8.89. The van der Waals surface area contributed by atoms with Gasteiger partial charge >= 0.3 is 0 Å². The highest BCUT2D eigenvalue weighted by Gasteiger charge is 2.36. The molecule has 0 aliphatic carbocycles. The van der Waals surface area contributed by atoms with E-state index in [2.05, 4.69) is 22.4 Å². The zero-order chi connectivity index (χ0) is 21.1. The number of carbonyl (C=O) groups excluding carboxylic acids is 3. The van der Waals surface area contributed by atoms with Crippen molar-refractivity contribution < 1.29 is 14.4 Å². The van der Waals surface area contributed by atoms with Gasteiger partial charge in [0.15, 0.2) is 4.34 Å². The molecule has 3 aromatic rings. The summed E-state index contributed by atoms with van der Waals surface area (Å²) in [6, 6.07) is 13.1. The lowest BCUT2D eigenvalue weighted by atomic mass is 10.1. The van der Waals surface area contributed by atoms with E-state index in [4.69, 9.17) is 0 Å². The summed E-state index contributed by atoms with van der Waals surface area (Å²) in [5, 5.41) is 11.2. The number of aromatic nitrogens is 2. The summed E-state index contributed by atoms with van der Waals surface area (Å²) in [4.78, 5) is 39.1. The first-order chi connectivity index (χ1) is 14.6. The zero-order valence-corrected chi connectivity index (χ0v) is 17.8. The molecule has 152 valence electrons. The number of anilines is 2. The molecule has 1 aliphatic heterocycles. The summed E-state index contributed by atoms with van der Waals surface area (Å²) in [5.41, 5.74) is 1.39. The van der Waals surface area contributed by atoms with Crippen molar-refractivity contribution in [2.24, 2.45) is 0 Å². The molecule has 2 heterocycles. The second kappa shape index (κ2) is 8.76. The Balaban J connectivity index is 1.49. The minimum atomic E-state index is -0.397. The molecule has 9 heteroatoms. The van der Waals surface area contributed by atoms with Crippen molar-refractivity contribution in [1.82, 2.24) is 10.2 Å². The standard InChI is InChI=1S/C21H18N4O3S2/c1-2-3-11-29-21-24-23-20(30-21)22-17(26)13-7-6-8-14(12-13)25-18(27)15-9-4-5-10-16(15)19(25)28/h4-10,12H,2-3,11H2,1H3,(H,22,23,26). The number of imide groups is 1. The highest BCUT2D eigenvalue weighted by Crippen LogP contribution is 2.30. The molecule has 0 saturated carbocycles. The molecular formula is C21H18N4O3S2. The van der Waals surface area contributed by atoms with E-state index in [1.165, 1.54) is 17.4 Å². The molecule has 0 atom stereocenters. The number of amides is 3. The van der Waals surface area contributed by atoms with Gasteiger partial charge < -0.3 is 0 Å². The van der Waals surface area contributed by atoms with Crippen molar-refractivity contribution in [2.45, 2.75) is 24.1 Å². The van der Waals surface area contributed by atoms with Crippen LogP contribution in [0.1, 0.15) is 50.8 Å². The Labute approximate surface area is 181 Å². The van der Waals surface area contributed by atoms with Crippen molar-refractivity contribution in [2.75, 3.05) is 16.0 Å². The molecule has 3 amide bonds. The van der Waals surface area contributed by atoms with Crippen LogP contribution in [0.5, 0.6) is 0 Å². The molecule has 0 spiro atoms. The minimum absolute atomic E-state index is 0.319. The number of benzene rings is 2. The van der Waals surface area contributed by atoms with E-state index in [1.54, 1.807) is 54.2 Å². The van der Waals surface area contributed by atoms with E-state index >= 15 is 0 Å². The van der Waals surface area contributed by atoms with Gasteiger partial charge in [-0.1, -0.05) is 54.6 Å². The fourth-order valence-corrected chi connectivity index (χ4v) is 4.90. The van der Waals surface area contributed by atoms with Gasteiger partial charge in [-0.25, -0.2) is 4.90 Å². The third kappa shape index (κ3) is 3.99. The van der Waals surface area contributed by atoms with Crippen LogP contribution in [0, 0.1) is 0 Å². The lowest BCUT2D eigenvalue weighted by molar-refractivity contribution is 0.0924. The first-order valence-corrected chi connectivity index (χ1v) is 11.2. The van der Waals surface area contributed by atoms with Gasteiger partial charge in [-0.2, -0.15) is 0 Å². The van der Waals surface area contributed by atoms with Gasteiger partial charge in [-0.15, -0.1) is 10.2 Å². The van der Waals surface area contributed by atoms with Crippen molar-refractivity contribution in [1.29, 1.82) is 0 Å². The number of thioether (sulfide) groups is 1. The van der Waals surface area contributed by atoms with Crippen LogP contribution in [-0.2, 0) is 0 Å². The topological polar surface area (TPSA) is 92.3 Å². The molecule has 4 rings (SSSR count). The largest absolute Gasteiger partial charge is 0.296 e. The lowest BCUT2D eigenvalue weighted by Gasteiger charge is -2.14. The maximum Gasteiger partial charge on any atom is 0.266 e. The van der Waals surface area contributed by atoms with Crippen LogP contribution in [-0.4, -0.2) is 33.7 Å². The van der Waals surface area contributed by atoms with Gasteiger partial charge in [0.25, 0.3) is 17.7 Å². The second-order valence-electron chi connectivity index (χ2n) is 6.57. The molecule has 0 unspecified atom stereocenters. The fourth-order valence-electron chi connectivity index (χ4n) is 3.00. The molecule has 0 bridgehead atoms. The summed E-state index contributed by atoms with van der Waals surface area (Å²) in [7, 11) is 0. The van der Waals surface area contributed by atoms with Crippen LogP contribution in [0.4, 0.5) is 10.8 Å². The average molecular weight is 439 g/mol. The molecule has 2 aromatic carbocycles. The van der Waals surface area contributed by atoms with Gasteiger partial charge in [-0.3, -0.25) is 19.7 Å². The van der Waals surface area contributed by atoms with Crippen LogP contribution in [0.15, 0.2) is 52.9 Å². The molecule has 0 fully saturated rings. The van der Waals surface area contributed by atoms with Crippen LogP contribution >= 0.6 is 23.1 Å². The highest BCUT2D eigenvalue weighted by molar-refractivity contribution is 8.01. The third-order valence-electron chi connectivity index (χ3n) is 4.51. The van der Waals surface area contributed by atoms with Crippen LogP contribution < -0.4 is 10.2 Å². The van der Waals surface area contributed by atoms with Gasteiger partial charge in [-0.05, 0) is 36.8 Å². The van der Waals surface area contributed by atoms with E-state index in [0.29, 0.717) is 27.5 Å². The summed E-state index contributed by atoms with van der Waals surface area (Å²) in [6.45, 7) is 2.13. The Morgan fingerprint density at radius 1 is 1.07 bits per heavy atom. The molecule has 7 nitrogen and oxygen atoms in total. The predicted molar refractivity (Wildman–Crippen MR) is 118 cm³/mol. The van der Waals surface area contributed by atoms with Crippen molar-refractivity contribution in [3.05, 3.63) is 65.2 Å². The van der Waals surface area contributed by atoms with Gasteiger partial charge in [0.1, 0.15) is 0 Å². The molecule has 1 aliphatic rings. The van der Waals surface area contributed by atoms with Gasteiger partial charge in [0.2, 0.25) is 5.13 Å². The number of nitrogens with one attached hydrogen (secondary N) is 1. The lowest BCUT2D eigenvalue weighted by Crippen LogP contribution is -2.29. The summed E-state index contributed by atoms with van der Waals surface area (Å²) in [6.07, 6.45) is 2.20. The number of nitrogens with zero attached hydrogens (tertiary/aromatic N) is 3. The maximum atomic E-state index is 12.7. The Kier molecular flexibility index (Phi) is 5.91. The first-order valence-electron chi connectivity index (χ1n) is 9.44. The van der Waals surface area contributed by atoms with Crippen molar-refractivity contribution in [3.63, 3.8) is 0 Å². The Hall–Kier alpha value is -3.04. The summed E-state index contributed by atoms with van der Waals surface area (Å²) < 4.78 is 0.804. The monoisotopic (exact) mass is 438 g/mol. The molecule has 1 aromatic heterocycles. The van der Waals surface area contributed by atoms with Gasteiger partial charge in [0.05, 0.1) is 16.8 Å². The number of carbonyl (C=O) groups is 3. The maximum absolute atomic E-state index is 12.7. The van der Waals surface area contributed by atoms with Crippen molar-refractivity contribution in [3.8, 4) is 0 Å². The molecular weight excluding hydrogens is 420 g/mol. The van der Waals surface area contributed by atoms with E-state index in [-0.39, 0.29) is 5.91 Å². The van der Waals surface area contributed by atoms with Crippen LogP contribution in [0.25, 0.3) is 0 Å².